The number of hydrogen-bond donors (Lipinski definition) is 1. The number of rotatable bonds is 1. The molecule has 0 spiro atoms. The third-order valence-electron chi connectivity index (χ3n) is 3.84. The average molecular weight is 292 g/mol. The van der Waals surface area contributed by atoms with Crippen LogP contribution in [0.3, 0.4) is 0 Å². The van der Waals surface area contributed by atoms with E-state index in [9.17, 15) is 13.2 Å². The second-order valence-corrected chi connectivity index (χ2v) is 5.52. The molecule has 19 heavy (non-hydrogen) atoms. The molecule has 0 saturated carbocycles. The van der Waals surface area contributed by atoms with Crippen molar-refractivity contribution in [2.45, 2.75) is 6.18 Å². The summed E-state index contributed by atoms with van der Waals surface area (Å²) in [6.45, 7) is 3.52. The third kappa shape index (κ3) is 2.39. The molecule has 2 aliphatic rings. The molecule has 2 atom stereocenters. The van der Waals surface area contributed by atoms with Crippen LogP contribution in [0.25, 0.3) is 0 Å². The molecule has 0 aromatic carbocycles. The van der Waals surface area contributed by atoms with Crippen molar-refractivity contribution in [3.8, 4) is 0 Å². The van der Waals surface area contributed by atoms with E-state index in [0.29, 0.717) is 17.7 Å². The fraction of sp³-hybridized carbons (Fsp3) is 0.583. The molecule has 0 radical (unpaired) electrons. The lowest BCUT2D eigenvalue weighted by molar-refractivity contribution is -0.137. The number of alkyl halides is 3. The summed E-state index contributed by atoms with van der Waals surface area (Å²) >= 11 is 5.95. The van der Waals surface area contributed by atoms with Gasteiger partial charge in [-0.15, -0.1) is 0 Å². The van der Waals surface area contributed by atoms with Gasteiger partial charge in [-0.25, -0.2) is 4.98 Å². The maximum atomic E-state index is 12.5. The van der Waals surface area contributed by atoms with E-state index in [1.807, 2.05) is 4.90 Å². The van der Waals surface area contributed by atoms with E-state index in [1.54, 1.807) is 0 Å². The Morgan fingerprint density at radius 2 is 1.89 bits per heavy atom. The molecule has 0 amide bonds. The zero-order chi connectivity index (χ0) is 13.6. The Morgan fingerprint density at radius 3 is 2.42 bits per heavy atom. The van der Waals surface area contributed by atoms with Crippen molar-refractivity contribution < 1.29 is 13.2 Å². The van der Waals surface area contributed by atoms with Crippen molar-refractivity contribution in [2.75, 3.05) is 31.1 Å². The van der Waals surface area contributed by atoms with Crippen LogP contribution in [0.5, 0.6) is 0 Å². The molecule has 0 bridgehead atoms. The van der Waals surface area contributed by atoms with Crippen LogP contribution < -0.4 is 10.2 Å². The van der Waals surface area contributed by atoms with Gasteiger partial charge in [-0.3, -0.25) is 0 Å². The lowest BCUT2D eigenvalue weighted by Crippen LogP contribution is -2.26. The minimum atomic E-state index is -4.40. The van der Waals surface area contributed by atoms with Gasteiger partial charge in [0.25, 0.3) is 0 Å². The van der Waals surface area contributed by atoms with Gasteiger partial charge in [0, 0.05) is 32.4 Å². The Bertz CT molecular complexity index is 480. The normalized spacial score (nSPS) is 26.8. The predicted octanol–water partition coefficient (Wildman–Crippen LogP) is 2.41. The maximum Gasteiger partial charge on any atom is 0.417 e. The second-order valence-electron chi connectivity index (χ2n) is 5.11. The molecule has 2 fully saturated rings. The summed E-state index contributed by atoms with van der Waals surface area (Å²) in [6.07, 6.45) is -3.55. The number of nitrogens with zero attached hydrogens (tertiary/aromatic N) is 2. The van der Waals surface area contributed by atoms with Gasteiger partial charge in [0.05, 0.1) is 10.6 Å². The molecule has 3 nitrogen and oxygen atoms in total. The molecule has 2 aliphatic heterocycles. The minimum absolute atomic E-state index is 0.0720. The number of hydrogen-bond acceptors (Lipinski definition) is 3. The van der Waals surface area contributed by atoms with Gasteiger partial charge in [-0.2, -0.15) is 13.2 Å². The fourth-order valence-electron chi connectivity index (χ4n) is 2.85. The Morgan fingerprint density at radius 1 is 1.26 bits per heavy atom. The molecule has 7 heteroatoms. The van der Waals surface area contributed by atoms with Crippen molar-refractivity contribution in [1.82, 2.24) is 10.3 Å². The first-order valence-electron chi connectivity index (χ1n) is 6.13. The van der Waals surface area contributed by atoms with Gasteiger partial charge in [-0.1, -0.05) is 11.6 Å². The van der Waals surface area contributed by atoms with E-state index in [2.05, 4.69) is 10.3 Å². The topological polar surface area (TPSA) is 28.2 Å². The van der Waals surface area contributed by atoms with E-state index in [4.69, 9.17) is 11.6 Å². The maximum absolute atomic E-state index is 12.5. The Balaban J connectivity index is 1.82. The zero-order valence-electron chi connectivity index (χ0n) is 10.0. The highest BCUT2D eigenvalue weighted by atomic mass is 35.5. The minimum Gasteiger partial charge on any atom is -0.355 e. The van der Waals surface area contributed by atoms with E-state index < -0.39 is 11.7 Å². The Kier molecular flexibility index (Phi) is 3.09. The number of halogens is 4. The highest BCUT2D eigenvalue weighted by Gasteiger charge is 2.38. The summed E-state index contributed by atoms with van der Waals surface area (Å²) in [5.41, 5.74) is -0.803. The van der Waals surface area contributed by atoms with Gasteiger partial charge in [-0.05, 0) is 17.9 Å². The quantitative estimate of drug-likeness (QED) is 0.861. The van der Waals surface area contributed by atoms with E-state index in [-0.39, 0.29) is 5.02 Å². The van der Waals surface area contributed by atoms with Crippen LogP contribution in [0.1, 0.15) is 5.56 Å². The second kappa shape index (κ2) is 4.52. The molecule has 0 aliphatic carbocycles. The number of aromatic nitrogens is 1. The van der Waals surface area contributed by atoms with Crippen molar-refractivity contribution in [2.24, 2.45) is 11.8 Å². The van der Waals surface area contributed by atoms with Gasteiger partial charge >= 0.3 is 6.18 Å². The SMILES string of the molecule is FC(F)(F)c1cnc(N2CC3CNCC3C2)c(Cl)c1. The smallest absolute Gasteiger partial charge is 0.355 e. The van der Waals surface area contributed by atoms with E-state index in [1.165, 1.54) is 0 Å². The summed E-state index contributed by atoms with van der Waals surface area (Å²) in [4.78, 5) is 5.89. The Hall–Kier alpha value is -1.01. The van der Waals surface area contributed by atoms with Crippen molar-refractivity contribution in [3.63, 3.8) is 0 Å². The lowest BCUT2D eigenvalue weighted by atomic mass is 10.0. The summed E-state index contributed by atoms with van der Waals surface area (Å²) in [7, 11) is 0. The molecular formula is C12H13ClF3N3. The van der Waals surface area contributed by atoms with Crippen LogP contribution in [0.15, 0.2) is 12.3 Å². The predicted molar refractivity (Wildman–Crippen MR) is 66.3 cm³/mol. The van der Waals surface area contributed by atoms with Crippen molar-refractivity contribution >= 4 is 17.4 Å². The van der Waals surface area contributed by atoms with Crippen LogP contribution in [0.2, 0.25) is 5.02 Å². The van der Waals surface area contributed by atoms with Gasteiger partial charge in [0.2, 0.25) is 0 Å². The van der Waals surface area contributed by atoms with Crippen LogP contribution in [0.4, 0.5) is 19.0 Å². The summed E-state index contributed by atoms with van der Waals surface area (Å²) < 4.78 is 37.6. The molecule has 3 rings (SSSR count). The molecular weight excluding hydrogens is 279 g/mol. The molecule has 2 unspecified atom stereocenters. The Labute approximate surface area is 113 Å². The third-order valence-corrected chi connectivity index (χ3v) is 4.12. The van der Waals surface area contributed by atoms with Crippen molar-refractivity contribution in [3.05, 3.63) is 22.8 Å². The first-order valence-corrected chi connectivity index (χ1v) is 6.51. The van der Waals surface area contributed by atoms with Crippen LogP contribution in [0, 0.1) is 11.8 Å². The first-order chi connectivity index (χ1) is 8.95. The highest BCUT2D eigenvalue weighted by Crippen LogP contribution is 2.36. The van der Waals surface area contributed by atoms with Gasteiger partial charge < -0.3 is 10.2 Å². The lowest BCUT2D eigenvalue weighted by Gasteiger charge is -2.20. The van der Waals surface area contributed by atoms with E-state index in [0.717, 1.165) is 38.4 Å². The summed E-state index contributed by atoms with van der Waals surface area (Å²) in [5, 5.41) is 3.38. The van der Waals surface area contributed by atoms with Gasteiger partial charge in [0.15, 0.2) is 0 Å². The van der Waals surface area contributed by atoms with Crippen LogP contribution >= 0.6 is 11.6 Å². The average Bonchev–Trinajstić information content (AvgIpc) is 2.87. The molecule has 1 aromatic rings. The molecule has 3 heterocycles. The molecule has 2 saturated heterocycles. The number of anilines is 1. The molecule has 104 valence electrons. The zero-order valence-corrected chi connectivity index (χ0v) is 10.8. The molecule has 1 aromatic heterocycles. The summed E-state index contributed by atoms with van der Waals surface area (Å²) in [6, 6.07) is 0.955. The monoisotopic (exact) mass is 291 g/mol. The van der Waals surface area contributed by atoms with Crippen molar-refractivity contribution in [1.29, 1.82) is 0 Å². The van der Waals surface area contributed by atoms with Gasteiger partial charge in [0.1, 0.15) is 5.82 Å². The molecule has 1 N–H and O–H groups in total. The first kappa shape index (κ1) is 13.0. The number of nitrogens with one attached hydrogen (secondary N) is 1. The van der Waals surface area contributed by atoms with E-state index >= 15 is 0 Å². The standard InChI is InChI=1S/C12H13ClF3N3/c13-10-1-9(12(14,15)16)4-18-11(10)19-5-7-2-17-3-8(7)6-19/h1,4,7-8,17H,2-3,5-6H2. The van der Waals surface area contributed by atoms with Crippen LogP contribution in [-0.2, 0) is 6.18 Å². The fourth-order valence-corrected chi connectivity index (χ4v) is 3.13. The largest absolute Gasteiger partial charge is 0.417 e. The van der Waals surface area contributed by atoms with Crippen LogP contribution in [-0.4, -0.2) is 31.2 Å². The number of pyridine rings is 1. The number of fused-ring (bicyclic) bond motifs is 1. The summed E-state index contributed by atoms with van der Waals surface area (Å²) in [5.74, 6) is 1.55. The highest BCUT2D eigenvalue weighted by molar-refractivity contribution is 6.33.